The normalized spacial score (nSPS) is 15.7. The molecular weight excluding hydrogens is 196 g/mol. The molecular formula is C3H3Cl2F3S. The topological polar surface area (TPSA) is 0 Å². The monoisotopic (exact) mass is 198 g/mol. The molecule has 0 radical (unpaired) electrons. The summed E-state index contributed by atoms with van der Waals surface area (Å²) < 4.78 is 34.3. The predicted molar refractivity (Wildman–Crippen MR) is 34.0 cm³/mol. The average Bonchev–Trinajstić information content (AvgIpc) is 1.64. The molecule has 0 fully saturated rings. The van der Waals surface area contributed by atoms with E-state index in [-0.39, 0.29) is 5.75 Å². The Labute approximate surface area is 64.2 Å². The highest BCUT2D eigenvalue weighted by Gasteiger charge is 2.37. The molecule has 1 atom stereocenters. The van der Waals surface area contributed by atoms with E-state index >= 15 is 0 Å². The lowest BCUT2D eigenvalue weighted by molar-refractivity contribution is -0.126. The van der Waals surface area contributed by atoms with Crippen molar-refractivity contribution in [1.82, 2.24) is 0 Å². The Morgan fingerprint density at radius 3 is 2.00 bits per heavy atom. The van der Waals surface area contributed by atoms with Crippen molar-refractivity contribution < 1.29 is 13.2 Å². The van der Waals surface area contributed by atoms with Crippen molar-refractivity contribution in [2.75, 3.05) is 5.75 Å². The van der Waals surface area contributed by atoms with Gasteiger partial charge in [0.05, 0.1) is 0 Å². The third kappa shape index (κ3) is 4.17. The van der Waals surface area contributed by atoms with Crippen molar-refractivity contribution in [2.24, 2.45) is 0 Å². The maximum atomic E-state index is 11.4. The minimum atomic E-state index is -4.33. The Morgan fingerprint density at radius 2 is 1.89 bits per heavy atom. The zero-order valence-corrected chi connectivity index (χ0v) is 6.41. The Hall–Kier alpha value is 0.720. The molecule has 0 aromatic rings. The molecule has 0 saturated heterocycles. The molecule has 0 rings (SSSR count). The highest BCUT2D eigenvalue weighted by atomic mass is 35.7. The molecule has 0 nitrogen and oxygen atoms in total. The summed E-state index contributed by atoms with van der Waals surface area (Å²) >= 11 is 4.83. The van der Waals surface area contributed by atoms with Crippen LogP contribution in [-0.4, -0.2) is 17.3 Å². The fraction of sp³-hybridized carbons (Fsp3) is 1.00. The van der Waals surface area contributed by atoms with Crippen LogP contribution < -0.4 is 0 Å². The standard InChI is InChI=1S/C3H3Cl2F3S/c4-2(1-9-5)3(6,7)8/h2H,1H2. The van der Waals surface area contributed by atoms with Crippen molar-refractivity contribution >= 4 is 33.3 Å². The summed E-state index contributed by atoms with van der Waals surface area (Å²) in [6, 6.07) is 0. The lowest BCUT2D eigenvalue weighted by Crippen LogP contribution is -2.24. The molecule has 6 heteroatoms. The summed E-state index contributed by atoms with van der Waals surface area (Å²) in [5.74, 6) is -0.313. The first kappa shape index (κ1) is 9.72. The first-order valence-corrected chi connectivity index (χ1v) is 4.17. The molecule has 0 bridgehead atoms. The van der Waals surface area contributed by atoms with Crippen molar-refractivity contribution in [3.05, 3.63) is 0 Å². The molecule has 0 amide bonds. The van der Waals surface area contributed by atoms with Crippen LogP contribution in [0.1, 0.15) is 0 Å². The third-order valence-electron chi connectivity index (χ3n) is 0.564. The van der Waals surface area contributed by atoms with Gasteiger partial charge in [-0.1, -0.05) is 11.0 Å². The van der Waals surface area contributed by atoms with Gasteiger partial charge in [-0.15, -0.1) is 11.6 Å². The van der Waals surface area contributed by atoms with Crippen molar-refractivity contribution in [2.45, 2.75) is 11.6 Å². The van der Waals surface area contributed by atoms with Crippen molar-refractivity contribution in [1.29, 1.82) is 0 Å². The number of hydrogen-bond acceptors (Lipinski definition) is 1. The van der Waals surface area contributed by atoms with Gasteiger partial charge in [-0.25, -0.2) is 0 Å². The molecule has 0 N–H and O–H groups in total. The van der Waals surface area contributed by atoms with Crippen molar-refractivity contribution in [3.63, 3.8) is 0 Å². The first-order chi connectivity index (χ1) is 3.98. The first-order valence-electron chi connectivity index (χ1n) is 1.93. The second-order valence-electron chi connectivity index (χ2n) is 1.28. The highest BCUT2D eigenvalue weighted by molar-refractivity contribution is 8.21. The fourth-order valence-corrected chi connectivity index (χ4v) is 1.21. The van der Waals surface area contributed by atoms with Crippen LogP contribution in [-0.2, 0) is 0 Å². The fourth-order valence-electron chi connectivity index (χ4n) is 0.150. The Bertz CT molecular complexity index is 83.6. The van der Waals surface area contributed by atoms with Gasteiger partial charge in [0.2, 0.25) is 0 Å². The quantitative estimate of drug-likeness (QED) is 0.616. The highest BCUT2D eigenvalue weighted by Crippen LogP contribution is 2.28. The van der Waals surface area contributed by atoms with Crippen molar-refractivity contribution in [3.8, 4) is 0 Å². The van der Waals surface area contributed by atoms with Gasteiger partial charge in [-0.3, -0.25) is 0 Å². The summed E-state index contributed by atoms with van der Waals surface area (Å²) in [5, 5.41) is -1.83. The summed E-state index contributed by atoms with van der Waals surface area (Å²) in [6.07, 6.45) is -4.33. The Kier molecular flexibility index (Phi) is 4.09. The molecule has 0 aromatic heterocycles. The van der Waals surface area contributed by atoms with E-state index in [1.54, 1.807) is 0 Å². The van der Waals surface area contributed by atoms with Crippen LogP contribution in [0.25, 0.3) is 0 Å². The molecule has 1 unspecified atom stereocenters. The number of alkyl halides is 4. The van der Waals surface area contributed by atoms with Gasteiger partial charge < -0.3 is 0 Å². The third-order valence-corrected chi connectivity index (χ3v) is 1.99. The predicted octanol–water partition coefficient (Wildman–Crippen LogP) is 3.04. The molecule has 0 aliphatic rings. The van der Waals surface area contributed by atoms with E-state index < -0.39 is 11.6 Å². The lowest BCUT2D eigenvalue weighted by Gasteiger charge is -2.09. The van der Waals surface area contributed by atoms with E-state index in [2.05, 4.69) is 0 Å². The van der Waals surface area contributed by atoms with E-state index in [1.807, 2.05) is 0 Å². The van der Waals surface area contributed by atoms with Crippen LogP contribution in [0.3, 0.4) is 0 Å². The van der Waals surface area contributed by atoms with E-state index in [0.29, 0.717) is 11.0 Å². The molecule has 9 heavy (non-hydrogen) atoms. The van der Waals surface area contributed by atoms with E-state index in [1.165, 1.54) is 0 Å². The molecule has 0 saturated carbocycles. The Balaban J connectivity index is 3.59. The van der Waals surface area contributed by atoms with Crippen LogP contribution >= 0.6 is 33.3 Å². The van der Waals surface area contributed by atoms with Crippen LogP contribution in [0.2, 0.25) is 0 Å². The SMILES string of the molecule is FC(F)(F)C(Cl)CSCl. The second-order valence-corrected chi connectivity index (χ2v) is 3.02. The minimum Gasteiger partial charge on any atom is -0.169 e. The van der Waals surface area contributed by atoms with E-state index in [9.17, 15) is 13.2 Å². The Morgan fingerprint density at radius 1 is 1.44 bits per heavy atom. The van der Waals surface area contributed by atoms with Gasteiger partial charge in [-0.2, -0.15) is 13.2 Å². The van der Waals surface area contributed by atoms with Gasteiger partial charge in [0.15, 0.2) is 0 Å². The summed E-state index contributed by atoms with van der Waals surface area (Å²) in [7, 11) is 5.49. The molecule has 0 aliphatic carbocycles. The minimum absolute atomic E-state index is 0.313. The average molecular weight is 199 g/mol. The number of hydrogen-bond donors (Lipinski definition) is 0. The van der Waals surface area contributed by atoms with E-state index in [4.69, 9.17) is 22.3 Å². The maximum absolute atomic E-state index is 11.4. The smallest absolute Gasteiger partial charge is 0.169 e. The molecule has 0 aromatic carbocycles. The largest absolute Gasteiger partial charge is 0.405 e. The van der Waals surface area contributed by atoms with Gasteiger partial charge in [0.25, 0.3) is 0 Å². The van der Waals surface area contributed by atoms with Gasteiger partial charge in [0, 0.05) is 5.75 Å². The van der Waals surface area contributed by atoms with Crippen LogP contribution in [0.5, 0.6) is 0 Å². The van der Waals surface area contributed by atoms with Gasteiger partial charge >= 0.3 is 6.18 Å². The summed E-state index contributed by atoms with van der Waals surface area (Å²) in [4.78, 5) is 0. The number of halogens is 5. The van der Waals surface area contributed by atoms with Gasteiger partial charge in [-0.05, 0) is 10.7 Å². The number of rotatable bonds is 2. The second kappa shape index (κ2) is 3.78. The zero-order valence-electron chi connectivity index (χ0n) is 4.08. The summed E-state index contributed by atoms with van der Waals surface area (Å²) in [5.41, 5.74) is 0. The van der Waals surface area contributed by atoms with Gasteiger partial charge in [0.1, 0.15) is 5.38 Å². The lowest BCUT2D eigenvalue weighted by atomic mass is 10.5. The van der Waals surface area contributed by atoms with Crippen LogP contribution in [0.4, 0.5) is 13.2 Å². The maximum Gasteiger partial charge on any atom is 0.405 e. The summed E-state index contributed by atoms with van der Waals surface area (Å²) in [6.45, 7) is 0. The molecule has 0 spiro atoms. The van der Waals surface area contributed by atoms with E-state index in [0.717, 1.165) is 0 Å². The molecule has 56 valence electrons. The zero-order chi connectivity index (χ0) is 7.49. The molecule has 0 aliphatic heterocycles. The van der Waals surface area contributed by atoms with Crippen LogP contribution in [0, 0.1) is 0 Å². The molecule has 0 heterocycles. The van der Waals surface area contributed by atoms with Crippen LogP contribution in [0.15, 0.2) is 0 Å².